The molecule has 0 bridgehead atoms. The van der Waals surface area contributed by atoms with Gasteiger partial charge in [-0.15, -0.1) is 0 Å². The Balaban J connectivity index is 2.25. The lowest BCUT2D eigenvalue weighted by Crippen LogP contribution is -2.40. The van der Waals surface area contributed by atoms with Crippen LogP contribution in [0.15, 0.2) is 41.1 Å². The number of esters is 1. The predicted octanol–water partition coefficient (Wildman–Crippen LogP) is 7.04. The van der Waals surface area contributed by atoms with E-state index in [4.69, 9.17) is 32.7 Å². The van der Waals surface area contributed by atoms with Crippen molar-refractivity contribution in [3.8, 4) is 0 Å². The minimum absolute atomic E-state index is 0.0970. The van der Waals surface area contributed by atoms with Crippen molar-refractivity contribution in [1.29, 1.82) is 0 Å². The van der Waals surface area contributed by atoms with Crippen LogP contribution >= 0.6 is 23.2 Å². The second-order valence-electron chi connectivity index (χ2n) is 9.43. The van der Waals surface area contributed by atoms with E-state index in [1.54, 1.807) is 39.0 Å². The number of allylic oxidation sites excluding steroid dienone is 3. The molecular weight excluding hydrogens is 506 g/mol. The normalized spacial score (nSPS) is 18.2. The monoisotopic (exact) mass is 535 g/mol. The summed E-state index contributed by atoms with van der Waals surface area (Å²) in [5.74, 6) is -5.19. The van der Waals surface area contributed by atoms with Crippen LogP contribution in [0.2, 0.25) is 5.02 Å². The molecule has 1 aromatic carbocycles. The number of hydrogen-bond acceptors (Lipinski definition) is 4. The van der Waals surface area contributed by atoms with Crippen molar-refractivity contribution in [3.63, 3.8) is 0 Å². The van der Waals surface area contributed by atoms with E-state index in [0.29, 0.717) is 12.0 Å². The lowest BCUT2D eigenvalue weighted by molar-refractivity contribution is -0.188. The minimum Gasteiger partial charge on any atom is -0.496 e. The van der Waals surface area contributed by atoms with Crippen LogP contribution in [-0.2, 0) is 25.5 Å². The van der Waals surface area contributed by atoms with Gasteiger partial charge in [-0.05, 0) is 63.3 Å². The summed E-state index contributed by atoms with van der Waals surface area (Å²) in [4.78, 5) is 25.2. The van der Waals surface area contributed by atoms with Gasteiger partial charge in [0.25, 0.3) is 0 Å². The van der Waals surface area contributed by atoms with Gasteiger partial charge in [-0.25, -0.2) is 0 Å². The van der Waals surface area contributed by atoms with Crippen molar-refractivity contribution in [2.45, 2.75) is 58.7 Å². The number of hydrogen-bond donors (Lipinski definition) is 1. The van der Waals surface area contributed by atoms with Gasteiger partial charge in [0.1, 0.15) is 11.4 Å². The number of benzene rings is 1. The molecule has 0 saturated carbocycles. The average Bonchev–Trinajstić information content (AvgIpc) is 2.73. The highest BCUT2D eigenvalue weighted by molar-refractivity contribution is 6.33. The summed E-state index contributed by atoms with van der Waals surface area (Å²) in [7, 11) is 1.36. The molecule has 0 spiro atoms. The number of rotatable bonds is 8. The Kier molecular flexibility index (Phi) is 9.71. The van der Waals surface area contributed by atoms with E-state index in [1.165, 1.54) is 19.3 Å². The van der Waals surface area contributed by atoms with E-state index in [2.05, 4.69) is 5.32 Å². The number of anilines is 1. The van der Waals surface area contributed by atoms with Crippen LogP contribution in [0.4, 0.5) is 18.9 Å². The van der Waals surface area contributed by atoms with E-state index in [9.17, 15) is 22.8 Å². The third-order valence-electron chi connectivity index (χ3n) is 5.54. The van der Waals surface area contributed by atoms with Gasteiger partial charge >= 0.3 is 12.1 Å². The lowest BCUT2D eigenvalue weighted by atomic mass is 9.77. The number of ether oxygens (including phenoxy) is 2. The van der Waals surface area contributed by atoms with E-state index in [1.807, 2.05) is 0 Å². The smallest absolute Gasteiger partial charge is 0.392 e. The van der Waals surface area contributed by atoms with Gasteiger partial charge in [-0.1, -0.05) is 42.3 Å². The lowest BCUT2D eigenvalue weighted by Gasteiger charge is -2.32. The molecule has 0 saturated heterocycles. The molecule has 10 heteroatoms. The molecule has 0 radical (unpaired) electrons. The van der Waals surface area contributed by atoms with Crippen LogP contribution in [0.3, 0.4) is 0 Å². The van der Waals surface area contributed by atoms with Gasteiger partial charge in [0.2, 0.25) is 5.91 Å². The molecule has 194 valence electrons. The molecule has 35 heavy (non-hydrogen) atoms. The Bertz CT molecular complexity index is 999. The van der Waals surface area contributed by atoms with Gasteiger partial charge in [-0.2, -0.15) is 13.2 Å². The first-order chi connectivity index (χ1) is 16.1. The highest BCUT2D eigenvalue weighted by Crippen LogP contribution is 2.41. The molecule has 0 heterocycles. The number of methoxy groups -OCH3 is 1. The first-order valence-corrected chi connectivity index (χ1v) is 11.9. The fourth-order valence-electron chi connectivity index (χ4n) is 3.77. The summed E-state index contributed by atoms with van der Waals surface area (Å²) in [6.45, 7) is 6.27. The van der Waals surface area contributed by atoms with Crippen molar-refractivity contribution < 1.29 is 32.2 Å². The average molecular weight is 536 g/mol. The molecule has 5 nitrogen and oxygen atoms in total. The van der Waals surface area contributed by atoms with Crippen LogP contribution in [0.5, 0.6) is 0 Å². The van der Waals surface area contributed by atoms with Crippen LogP contribution < -0.4 is 5.32 Å². The molecule has 1 N–H and O–H groups in total. The zero-order chi connectivity index (χ0) is 26.6. The number of carbonyl (C=O) groups excluding carboxylic acids is 2. The summed E-state index contributed by atoms with van der Waals surface area (Å²) in [6.07, 6.45) is -1.06. The molecule has 1 aromatic rings. The van der Waals surface area contributed by atoms with E-state index in [-0.39, 0.29) is 40.3 Å². The third-order valence-corrected chi connectivity index (χ3v) is 6.21. The molecule has 0 fully saturated rings. The molecule has 0 aromatic heterocycles. The Morgan fingerprint density at radius 2 is 1.86 bits per heavy atom. The van der Waals surface area contributed by atoms with Gasteiger partial charge in [0.15, 0.2) is 0 Å². The summed E-state index contributed by atoms with van der Waals surface area (Å²) in [6, 6.07) is 4.75. The zero-order valence-corrected chi connectivity index (χ0v) is 21.8. The highest BCUT2D eigenvalue weighted by atomic mass is 35.5. The second-order valence-corrected chi connectivity index (χ2v) is 10.2. The predicted molar refractivity (Wildman–Crippen MR) is 130 cm³/mol. The number of alkyl halides is 3. The van der Waals surface area contributed by atoms with Crippen LogP contribution in [0.25, 0.3) is 0 Å². The van der Waals surface area contributed by atoms with Crippen molar-refractivity contribution in [2.75, 3.05) is 12.4 Å². The first kappa shape index (κ1) is 29.0. The van der Waals surface area contributed by atoms with Gasteiger partial charge in [0, 0.05) is 6.42 Å². The molecule has 1 unspecified atom stereocenters. The Morgan fingerprint density at radius 1 is 1.20 bits per heavy atom. The Morgan fingerprint density at radius 3 is 2.43 bits per heavy atom. The fraction of sp³-hybridized carbons (Fsp3) is 0.520. The van der Waals surface area contributed by atoms with Crippen LogP contribution in [-0.4, -0.2) is 30.8 Å². The zero-order valence-electron chi connectivity index (χ0n) is 20.3. The standard InChI is InChI=1S/C25H30Cl2F3NO4/c1-14(25(28,29)30)22(16-8-10-18(27)20(13-16)34-5)23(33)31-19-12-15(6-9-17(19)26)7-11-21(32)35-24(2,3)4/h6,9-10,12-14,16,22H,7-8,11H2,1-5H3,(H,31,33)/t14-,16?,22+/m1/s1. The molecule has 1 aliphatic carbocycles. The van der Waals surface area contributed by atoms with E-state index in [0.717, 1.165) is 6.92 Å². The largest absolute Gasteiger partial charge is 0.496 e. The van der Waals surface area contributed by atoms with Crippen molar-refractivity contribution in [2.24, 2.45) is 17.8 Å². The Hall–Kier alpha value is -2.19. The number of aryl methyl sites for hydroxylation is 1. The molecule has 3 atom stereocenters. The minimum atomic E-state index is -4.60. The third kappa shape index (κ3) is 8.46. The number of carbonyl (C=O) groups is 2. The van der Waals surface area contributed by atoms with Crippen LogP contribution in [0, 0.1) is 17.8 Å². The number of amides is 1. The fourth-order valence-corrected chi connectivity index (χ4v) is 4.17. The van der Waals surface area contributed by atoms with Crippen molar-refractivity contribution >= 4 is 40.8 Å². The molecular formula is C25H30Cl2F3NO4. The summed E-state index contributed by atoms with van der Waals surface area (Å²) in [5.41, 5.74) is 0.221. The summed E-state index contributed by atoms with van der Waals surface area (Å²) < 4.78 is 51.5. The summed E-state index contributed by atoms with van der Waals surface area (Å²) in [5, 5.41) is 3.01. The van der Waals surface area contributed by atoms with Gasteiger partial charge in [0.05, 0.1) is 34.7 Å². The number of nitrogens with one attached hydrogen (secondary N) is 1. The topological polar surface area (TPSA) is 64.6 Å². The maximum Gasteiger partial charge on any atom is 0.392 e. The first-order valence-electron chi connectivity index (χ1n) is 11.1. The van der Waals surface area contributed by atoms with E-state index >= 15 is 0 Å². The molecule has 1 amide bonds. The maximum atomic E-state index is 13.7. The van der Waals surface area contributed by atoms with Crippen molar-refractivity contribution in [3.05, 3.63) is 51.7 Å². The summed E-state index contributed by atoms with van der Waals surface area (Å²) >= 11 is 12.3. The van der Waals surface area contributed by atoms with Gasteiger partial charge in [-0.3, -0.25) is 9.59 Å². The van der Waals surface area contributed by atoms with Gasteiger partial charge < -0.3 is 14.8 Å². The van der Waals surface area contributed by atoms with E-state index < -0.39 is 35.4 Å². The molecule has 2 rings (SSSR count). The maximum absolute atomic E-state index is 13.7. The Labute approximate surface area is 213 Å². The number of halogens is 5. The second kappa shape index (κ2) is 11.7. The SMILES string of the molecule is COC1=CC([C@@H](C(=O)Nc2cc(CCC(=O)OC(C)(C)C)ccc2Cl)[C@@H](C)C(F)(F)F)CC=C1Cl. The van der Waals surface area contributed by atoms with Crippen LogP contribution in [0.1, 0.15) is 46.1 Å². The molecule has 1 aliphatic rings. The highest BCUT2D eigenvalue weighted by Gasteiger charge is 2.47. The molecule has 0 aliphatic heterocycles. The quantitative estimate of drug-likeness (QED) is 0.362. The van der Waals surface area contributed by atoms with Crippen molar-refractivity contribution in [1.82, 2.24) is 0 Å².